The molecule has 0 atom stereocenters. The molecule has 31 heavy (non-hydrogen) atoms. The van der Waals surface area contributed by atoms with Crippen LogP contribution >= 0.6 is 0 Å². The normalized spacial score (nSPS) is 10.8. The van der Waals surface area contributed by atoms with Crippen molar-refractivity contribution in [3.05, 3.63) is 54.7 Å². The van der Waals surface area contributed by atoms with Gasteiger partial charge >= 0.3 is 0 Å². The second kappa shape index (κ2) is 9.31. The van der Waals surface area contributed by atoms with Crippen molar-refractivity contribution >= 4 is 28.5 Å². The molecule has 0 radical (unpaired) electrons. The highest BCUT2D eigenvalue weighted by atomic mass is 16.5. The fraction of sp³-hybridized carbons (Fsp3) is 0.227. The predicted molar refractivity (Wildman–Crippen MR) is 120 cm³/mol. The molecule has 0 fully saturated rings. The van der Waals surface area contributed by atoms with E-state index in [2.05, 4.69) is 25.7 Å². The van der Waals surface area contributed by atoms with Crippen molar-refractivity contribution in [2.75, 3.05) is 45.1 Å². The van der Waals surface area contributed by atoms with E-state index in [4.69, 9.17) is 14.2 Å². The highest BCUT2D eigenvalue weighted by molar-refractivity contribution is 5.91. The van der Waals surface area contributed by atoms with Gasteiger partial charge in [-0.05, 0) is 24.3 Å². The molecule has 160 valence electrons. The fourth-order valence-electron chi connectivity index (χ4n) is 3.14. The number of benzene rings is 2. The quantitative estimate of drug-likeness (QED) is 0.396. The molecule has 0 spiro atoms. The number of hydrogen-bond acceptors (Lipinski definition) is 8. The van der Waals surface area contributed by atoms with Crippen LogP contribution in [0.15, 0.2) is 54.7 Å². The van der Waals surface area contributed by atoms with Crippen LogP contribution in [0.1, 0.15) is 0 Å². The van der Waals surface area contributed by atoms with Gasteiger partial charge in [-0.1, -0.05) is 18.2 Å². The number of ether oxygens (including phenoxy) is 3. The van der Waals surface area contributed by atoms with E-state index in [0.29, 0.717) is 42.1 Å². The number of rotatable bonds is 9. The van der Waals surface area contributed by atoms with Crippen molar-refractivity contribution in [3.8, 4) is 17.2 Å². The van der Waals surface area contributed by atoms with E-state index >= 15 is 0 Å². The molecule has 0 saturated heterocycles. The van der Waals surface area contributed by atoms with E-state index < -0.39 is 0 Å². The van der Waals surface area contributed by atoms with Crippen LogP contribution in [0.25, 0.3) is 16.7 Å². The van der Waals surface area contributed by atoms with Crippen LogP contribution in [-0.4, -0.2) is 54.2 Å². The lowest BCUT2D eigenvalue weighted by molar-refractivity contribution is 0.210. The lowest BCUT2D eigenvalue weighted by Crippen LogP contribution is -2.12. The first-order chi connectivity index (χ1) is 15.2. The Labute approximate surface area is 180 Å². The summed E-state index contributed by atoms with van der Waals surface area (Å²) in [4.78, 5) is 9.36. The number of aromatic nitrogens is 4. The first-order valence-corrected chi connectivity index (χ1v) is 9.76. The third kappa shape index (κ3) is 4.36. The van der Waals surface area contributed by atoms with Gasteiger partial charge in [0, 0.05) is 19.7 Å². The third-order valence-corrected chi connectivity index (χ3v) is 4.68. The second-order valence-electron chi connectivity index (χ2n) is 6.64. The molecular weight excluding hydrogens is 396 g/mol. The van der Waals surface area contributed by atoms with Gasteiger partial charge in [0.25, 0.3) is 0 Å². The van der Waals surface area contributed by atoms with Gasteiger partial charge in [-0.3, -0.25) is 0 Å². The maximum absolute atomic E-state index is 5.50. The predicted octanol–water partition coefficient (Wildman–Crippen LogP) is 3.63. The number of methoxy groups -OCH3 is 3. The Bertz CT molecular complexity index is 1160. The van der Waals surface area contributed by atoms with Gasteiger partial charge in [-0.2, -0.15) is 15.1 Å². The SMILES string of the molecule is COCCNc1nc(Nc2cc(OC)ccc2OC)c2cnn(-c3ccccc3)c2n1. The highest BCUT2D eigenvalue weighted by Gasteiger charge is 2.16. The number of anilines is 3. The minimum Gasteiger partial charge on any atom is -0.497 e. The van der Waals surface area contributed by atoms with Gasteiger partial charge in [0.05, 0.1) is 43.8 Å². The standard InChI is InChI=1S/C22H24N6O3/c1-29-12-11-23-22-26-20(25-18-13-16(30-2)9-10-19(18)31-3)17-14-24-28(21(17)27-22)15-7-5-4-6-8-15/h4-10,13-14H,11-12H2,1-3H3,(H2,23,25,26,27). The zero-order valence-electron chi connectivity index (χ0n) is 17.6. The van der Waals surface area contributed by atoms with E-state index in [1.807, 2.05) is 48.5 Å². The van der Waals surface area contributed by atoms with E-state index in [0.717, 1.165) is 16.8 Å². The molecule has 0 aliphatic carbocycles. The highest BCUT2D eigenvalue weighted by Crippen LogP contribution is 2.33. The van der Waals surface area contributed by atoms with E-state index in [1.54, 1.807) is 32.2 Å². The van der Waals surface area contributed by atoms with Gasteiger partial charge in [0.1, 0.15) is 17.3 Å². The summed E-state index contributed by atoms with van der Waals surface area (Å²) < 4.78 is 17.8. The molecule has 2 heterocycles. The van der Waals surface area contributed by atoms with E-state index in [1.165, 1.54) is 0 Å². The molecule has 0 aliphatic heterocycles. The van der Waals surface area contributed by atoms with Crippen LogP contribution in [0, 0.1) is 0 Å². The summed E-state index contributed by atoms with van der Waals surface area (Å²) in [6.07, 6.45) is 1.75. The Morgan fingerprint density at radius 2 is 1.81 bits per heavy atom. The van der Waals surface area contributed by atoms with Crippen LogP contribution in [0.4, 0.5) is 17.5 Å². The van der Waals surface area contributed by atoms with Gasteiger partial charge < -0.3 is 24.8 Å². The lowest BCUT2D eigenvalue weighted by atomic mass is 10.2. The van der Waals surface area contributed by atoms with Crippen molar-refractivity contribution in [3.63, 3.8) is 0 Å². The summed E-state index contributed by atoms with van der Waals surface area (Å²) in [6.45, 7) is 1.11. The van der Waals surface area contributed by atoms with Crippen LogP contribution in [0.3, 0.4) is 0 Å². The fourth-order valence-corrected chi connectivity index (χ4v) is 3.14. The Morgan fingerprint density at radius 1 is 0.968 bits per heavy atom. The van der Waals surface area contributed by atoms with Crippen molar-refractivity contribution in [1.82, 2.24) is 19.7 Å². The lowest BCUT2D eigenvalue weighted by Gasteiger charge is -2.14. The minimum atomic E-state index is 0.464. The van der Waals surface area contributed by atoms with E-state index in [-0.39, 0.29) is 0 Å². The second-order valence-corrected chi connectivity index (χ2v) is 6.64. The van der Waals surface area contributed by atoms with Crippen LogP contribution in [0.2, 0.25) is 0 Å². The van der Waals surface area contributed by atoms with Crippen molar-refractivity contribution in [2.45, 2.75) is 0 Å². The average molecular weight is 420 g/mol. The number of fused-ring (bicyclic) bond motifs is 1. The zero-order valence-corrected chi connectivity index (χ0v) is 17.6. The molecule has 0 bridgehead atoms. The summed E-state index contributed by atoms with van der Waals surface area (Å²) in [6, 6.07) is 15.4. The van der Waals surface area contributed by atoms with Crippen LogP contribution in [-0.2, 0) is 4.74 Å². The summed E-state index contributed by atoms with van der Waals surface area (Å²) in [5.41, 5.74) is 2.30. The summed E-state index contributed by atoms with van der Waals surface area (Å²) >= 11 is 0. The first-order valence-electron chi connectivity index (χ1n) is 9.76. The van der Waals surface area contributed by atoms with Gasteiger partial charge in [-0.25, -0.2) is 4.68 Å². The maximum Gasteiger partial charge on any atom is 0.226 e. The summed E-state index contributed by atoms with van der Waals surface area (Å²) in [5, 5.41) is 11.9. The Balaban J connectivity index is 1.81. The molecule has 0 aliphatic rings. The molecule has 4 rings (SSSR count). The molecule has 0 saturated carbocycles. The number of nitrogens with zero attached hydrogens (tertiary/aromatic N) is 4. The number of nitrogens with one attached hydrogen (secondary N) is 2. The molecule has 2 N–H and O–H groups in total. The maximum atomic E-state index is 5.50. The van der Waals surface area contributed by atoms with Crippen molar-refractivity contribution < 1.29 is 14.2 Å². The average Bonchev–Trinajstić information content (AvgIpc) is 3.24. The van der Waals surface area contributed by atoms with Crippen LogP contribution in [0.5, 0.6) is 11.5 Å². The summed E-state index contributed by atoms with van der Waals surface area (Å²) in [7, 11) is 4.89. The molecule has 9 heteroatoms. The van der Waals surface area contributed by atoms with Crippen molar-refractivity contribution in [2.24, 2.45) is 0 Å². The number of hydrogen-bond donors (Lipinski definition) is 2. The zero-order chi connectivity index (χ0) is 21.6. The van der Waals surface area contributed by atoms with E-state index in [9.17, 15) is 0 Å². The number of para-hydroxylation sites is 1. The molecule has 2 aromatic carbocycles. The minimum absolute atomic E-state index is 0.464. The molecule has 0 amide bonds. The molecule has 0 unspecified atom stereocenters. The topological polar surface area (TPSA) is 95.4 Å². The van der Waals surface area contributed by atoms with Gasteiger partial charge in [0.2, 0.25) is 5.95 Å². The van der Waals surface area contributed by atoms with Crippen molar-refractivity contribution in [1.29, 1.82) is 0 Å². The first kappa shape index (κ1) is 20.4. The molecule has 9 nitrogen and oxygen atoms in total. The largest absolute Gasteiger partial charge is 0.497 e. The Morgan fingerprint density at radius 3 is 2.55 bits per heavy atom. The molecular formula is C22H24N6O3. The Kier molecular flexibility index (Phi) is 6.13. The monoisotopic (exact) mass is 420 g/mol. The third-order valence-electron chi connectivity index (χ3n) is 4.68. The van der Waals surface area contributed by atoms with Gasteiger partial charge in [-0.15, -0.1) is 0 Å². The van der Waals surface area contributed by atoms with Gasteiger partial charge in [0.15, 0.2) is 5.65 Å². The Hall–Kier alpha value is -3.85. The summed E-state index contributed by atoms with van der Waals surface area (Å²) in [5.74, 6) is 2.43. The molecule has 4 aromatic rings. The van der Waals surface area contributed by atoms with Crippen LogP contribution < -0.4 is 20.1 Å². The molecule has 2 aromatic heterocycles. The smallest absolute Gasteiger partial charge is 0.226 e.